The highest BCUT2D eigenvalue weighted by atomic mass is 32.2. The maximum atomic E-state index is 13.1. The third-order valence-corrected chi connectivity index (χ3v) is 12.7. The van der Waals surface area contributed by atoms with E-state index in [9.17, 15) is 21.6 Å². The van der Waals surface area contributed by atoms with Gasteiger partial charge in [-0.2, -0.15) is 21.6 Å². The molecule has 0 unspecified atom stereocenters. The molecule has 2 aromatic rings. The fraction of sp³-hybridized carbons (Fsp3) is 0.429. The predicted molar refractivity (Wildman–Crippen MR) is 117 cm³/mol. The molecule has 172 valence electrons. The van der Waals surface area contributed by atoms with Crippen LogP contribution in [0.15, 0.2) is 42.5 Å². The van der Waals surface area contributed by atoms with E-state index in [4.69, 9.17) is 9.47 Å². The first-order valence-corrected chi connectivity index (χ1v) is 13.2. The van der Waals surface area contributed by atoms with Gasteiger partial charge in [-0.3, -0.25) is 0 Å². The summed E-state index contributed by atoms with van der Waals surface area (Å²) in [6, 6.07) is 11.8. The van der Waals surface area contributed by atoms with E-state index in [1.807, 2.05) is 39.8 Å². The van der Waals surface area contributed by atoms with Gasteiger partial charge >= 0.3 is 15.6 Å². The average Bonchev–Trinajstić information content (AvgIpc) is 2.68. The Labute approximate surface area is 182 Å². The normalized spacial score (nSPS) is 12.9. The molecule has 0 saturated heterocycles. The number of ether oxygens (including phenoxy) is 2. The lowest BCUT2D eigenvalue weighted by Gasteiger charge is -2.41. The molecule has 0 fully saturated rings. The second kappa shape index (κ2) is 9.11. The molecule has 0 saturated carbocycles. The van der Waals surface area contributed by atoms with E-state index in [2.05, 4.69) is 4.18 Å². The highest BCUT2D eigenvalue weighted by Gasteiger charge is 2.51. The van der Waals surface area contributed by atoms with Gasteiger partial charge in [0, 0.05) is 6.07 Å². The van der Waals surface area contributed by atoms with Gasteiger partial charge in [-0.15, -0.1) is 0 Å². The minimum atomic E-state index is -5.86. The second-order valence-electron chi connectivity index (χ2n) is 7.75. The van der Waals surface area contributed by atoms with Gasteiger partial charge in [-0.25, -0.2) is 0 Å². The topological polar surface area (TPSA) is 61.8 Å². The van der Waals surface area contributed by atoms with Crippen LogP contribution < -0.4 is 24.0 Å². The van der Waals surface area contributed by atoms with Crippen LogP contribution in [0, 0.1) is 0 Å². The van der Waals surface area contributed by atoms with Crippen molar-refractivity contribution in [3.05, 3.63) is 42.5 Å². The van der Waals surface area contributed by atoms with Gasteiger partial charge in [0.15, 0.2) is 0 Å². The summed E-state index contributed by atoms with van der Waals surface area (Å²) < 4.78 is 78.1. The van der Waals surface area contributed by atoms with Gasteiger partial charge in [0.1, 0.15) is 25.3 Å². The number of hydrogen-bond acceptors (Lipinski definition) is 5. The summed E-state index contributed by atoms with van der Waals surface area (Å²) >= 11 is 0. The molecule has 0 atom stereocenters. The van der Waals surface area contributed by atoms with E-state index in [0.29, 0.717) is 10.9 Å². The van der Waals surface area contributed by atoms with Gasteiger partial charge in [0.05, 0.1) is 14.2 Å². The first-order chi connectivity index (χ1) is 14.3. The molecule has 2 aromatic carbocycles. The fourth-order valence-corrected chi connectivity index (χ4v) is 10.6. The summed E-state index contributed by atoms with van der Waals surface area (Å²) in [5.41, 5.74) is -5.54. The SMILES string of the molecule is COc1ccc([Si](c2ccc(OC)cc2OS(=O)(=O)C(F)(F)F)(C(C)C)C(C)C)cc1. The minimum Gasteiger partial charge on any atom is -0.497 e. The molecular formula is C21H27F3O5SSi. The molecule has 0 aromatic heterocycles. The molecule has 0 amide bonds. The van der Waals surface area contributed by atoms with Gasteiger partial charge < -0.3 is 13.7 Å². The van der Waals surface area contributed by atoms with Crippen molar-refractivity contribution in [1.82, 2.24) is 0 Å². The third-order valence-electron chi connectivity index (χ3n) is 5.51. The van der Waals surface area contributed by atoms with Crippen LogP contribution in [-0.2, 0) is 10.1 Å². The molecule has 0 radical (unpaired) electrons. The Hall–Kier alpha value is -2.20. The Morgan fingerprint density at radius 1 is 0.839 bits per heavy atom. The van der Waals surface area contributed by atoms with E-state index >= 15 is 0 Å². The summed E-state index contributed by atoms with van der Waals surface area (Å²) in [5.74, 6) is 0.479. The van der Waals surface area contributed by atoms with Crippen LogP contribution >= 0.6 is 0 Å². The smallest absolute Gasteiger partial charge is 0.497 e. The number of halogens is 3. The van der Waals surface area contributed by atoms with Crippen molar-refractivity contribution in [2.45, 2.75) is 44.3 Å². The fourth-order valence-electron chi connectivity index (χ4n) is 4.18. The van der Waals surface area contributed by atoms with Crippen molar-refractivity contribution in [2.75, 3.05) is 14.2 Å². The lowest BCUT2D eigenvalue weighted by molar-refractivity contribution is -0.0499. The monoisotopic (exact) mass is 476 g/mol. The maximum absolute atomic E-state index is 13.1. The third kappa shape index (κ3) is 4.69. The van der Waals surface area contributed by atoms with Gasteiger partial charge in [-0.05, 0) is 34.5 Å². The number of benzene rings is 2. The van der Waals surface area contributed by atoms with Crippen molar-refractivity contribution in [1.29, 1.82) is 0 Å². The molecule has 0 spiro atoms. The predicted octanol–water partition coefficient (Wildman–Crippen LogP) is 4.32. The average molecular weight is 477 g/mol. The lowest BCUT2D eigenvalue weighted by atomic mass is 10.3. The Kier molecular flexibility index (Phi) is 7.37. The highest BCUT2D eigenvalue weighted by molar-refractivity contribution is 7.88. The van der Waals surface area contributed by atoms with Crippen molar-refractivity contribution >= 4 is 28.6 Å². The molecule has 2 rings (SSSR count). The molecule has 0 N–H and O–H groups in total. The van der Waals surface area contributed by atoms with E-state index in [1.54, 1.807) is 31.4 Å². The first kappa shape index (κ1) is 25.1. The molecule has 0 aliphatic heterocycles. The van der Waals surface area contributed by atoms with Crippen LogP contribution in [0.25, 0.3) is 0 Å². The molecule has 31 heavy (non-hydrogen) atoms. The summed E-state index contributed by atoms with van der Waals surface area (Å²) in [5, 5.41) is 1.38. The van der Waals surface area contributed by atoms with Crippen LogP contribution in [0.5, 0.6) is 17.2 Å². The maximum Gasteiger partial charge on any atom is 0.534 e. The Bertz CT molecular complexity index is 995. The molecular weight excluding hydrogens is 449 g/mol. The van der Waals surface area contributed by atoms with Crippen LogP contribution in [0.1, 0.15) is 27.7 Å². The zero-order chi connectivity index (χ0) is 23.6. The Morgan fingerprint density at radius 3 is 1.74 bits per heavy atom. The standard InChI is InChI=1S/C21H27F3O5SSi/c1-14(2)31(15(3)4,18-10-7-16(27-5)8-11-18)20-12-9-17(28-6)13-19(20)29-30(25,26)21(22,23)24/h7-15H,1-6H3. The number of alkyl halides is 3. The highest BCUT2D eigenvalue weighted by Crippen LogP contribution is 2.37. The van der Waals surface area contributed by atoms with E-state index in [0.717, 1.165) is 5.19 Å². The molecule has 0 aliphatic rings. The van der Waals surface area contributed by atoms with Crippen LogP contribution in [-0.4, -0.2) is 36.2 Å². The summed E-state index contributed by atoms with van der Waals surface area (Å²) in [6.07, 6.45) is 0. The summed E-state index contributed by atoms with van der Waals surface area (Å²) in [6.45, 7) is 7.96. The molecule has 5 nitrogen and oxygen atoms in total. The van der Waals surface area contributed by atoms with Crippen molar-refractivity contribution in [3.8, 4) is 17.2 Å². The van der Waals surface area contributed by atoms with E-state index in [-0.39, 0.29) is 22.6 Å². The summed E-state index contributed by atoms with van der Waals surface area (Å²) in [4.78, 5) is 0. The van der Waals surface area contributed by atoms with Crippen molar-refractivity contribution in [2.24, 2.45) is 0 Å². The first-order valence-electron chi connectivity index (χ1n) is 9.65. The van der Waals surface area contributed by atoms with Crippen LogP contribution in [0.4, 0.5) is 13.2 Å². The Balaban J connectivity index is 2.85. The molecule has 0 heterocycles. The number of hydrogen-bond donors (Lipinski definition) is 0. The zero-order valence-electron chi connectivity index (χ0n) is 18.3. The largest absolute Gasteiger partial charge is 0.534 e. The summed E-state index contributed by atoms with van der Waals surface area (Å²) in [7, 11) is -5.81. The molecule has 10 heteroatoms. The number of rotatable bonds is 8. The lowest BCUT2D eigenvalue weighted by Crippen LogP contribution is -2.63. The van der Waals surface area contributed by atoms with E-state index in [1.165, 1.54) is 13.2 Å². The van der Waals surface area contributed by atoms with Gasteiger partial charge in [-0.1, -0.05) is 51.1 Å². The van der Waals surface area contributed by atoms with Gasteiger partial charge in [0.25, 0.3) is 0 Å². The van der Waals surface area contributed by atoms with Crippen molar-refractivity contribution < 1.29 is 35.2 Å². The quantitative estimate of drug-likeness (QED) is 0.323. The van der Waals surface area contributed by atoms with Gasteiger partial charge in [0.2, 0.25) is 0 Å². The second-order valence-corrected chi connectivity index (χ2v) is 14.5. The van der Waals surface area contributed by atoms with Crippen LogP contribution in [0.2, 0.25) is 11.1 Å². The van der Waals surface area contributed by atoms with Crippen LogP contribution in [0.3, 0.4) is 0 Å². The van der Waals surface area contributed by atoms with Crippen molar-refractivity contribution in [3.63, 3.8) is 0 Å². The zero-order valence-corrected chi connectivity index (χ0v) is 20.1. The molecule has 0 bridgehead atoms. The molecule has 0 aliphatic carbocycles. The number of methoxy groups -OCH3 is 2. The minimum absolute atomic E-state index is 0.00484. The Morgan fingerprint density at radius 2 is 1.32 bits per heavy atom. The van der Waals surface area contributed by atoms with E-state index < -0.39 is 23.7 Å².